The molecule has 0 atom stereocenters. The quantitative estimate of drug-likeness (QED) is 0.442. The third-order valence-electron chi connectivity index (χ3n) is 4.64. The van der Waals surface area contributed by atoms with Crippen molar-refractivity contribution in [2.24, 2.45) is 0 Å². The minimum Gasteiger partial charge on any atom is -0.489 e. The fourth-order valence-corrected chi connectivity index (χ4v) is 2.93. The summed E-state index contributed by atoms with van der Waals surface area (Å²) in [6, 6.07) is 24.2. The molecular formula is C25H27N3O3. The summed E-state index contributed by atoms with van der Waals surface area (Å²) in [5.41, 5.74) is 3.19. The second-order valence-corrected chi connectivity index (χ2v) is 7.08. The van der Waals surface area contributed by atoms with Gasteiger partial charge in [-0.25, -0.2) is 0 Å². The van der Waals surface area contributed by atoms with E-state index in [1.165, 1.54) is 0 Å². The molecule has 3 aromatic rings. The fourth-order valence-electron chi connectivity index (χ4n) is 2.93. The van der Waals surface area contributed by atoms with Crippen LogP contribution in [0.1, 0.15) is 21.5 Å². The van der Waals surface area contributed by atoms with Crippen LogP contribution in [0.5, 0.6) is 5.75 Å². The largest absolute Gasteiger partial charge is 0.489 e. The number of likely N-dealkylation sites (N-methyl/N-ethyl adjacent to an activating group) is 1. The lowest BCUT2D eigenvalue weighted by atomic mass is 10.1. The molecule has 0 aromatic heterocycles. The van der Waals surface area contributed by atoms with Gasteiger partial charge in [-0.3, -0.25) is 9.59 Å². The van der Waals surface area contributed by atoms with Crippen LogP contribution >= 0.6 is 0 Å². The van der Waals surface area contributed by atoms with Crippen molar-refractivity contribution in [3.8, 4) is 5.75 Å². The second kappa shape index (κ2) is 11.5. The zero-order valence-corrected chi connectivity index (χ0v) is 17.6. The molecule has 0 aliphatic rings. The van der Waals surface area contributed by atoms with Crippen LogP contribution in [-0.4, -0.2) is 32.0 Å². The van der Waals surface area contributed by atoms with Gasteiger partial charge in [0.15, 0.2) is 0 Å². The van der Waals surface area contributed by atoms with E-state index in [-0.39, 0.29) is 11.8 Å². The molecule has 0 spiro atoms. The average Bonchev–Trinajstić information content (AvgIpc) is 2.80. The lowest BCUT2D eigenvalue weighted by Crippen LogP contribution is -2.31. The summed E-state index contributed by atoms with van der Waals surface area (Å²) in [7, 11) is 1.84. The Kier molecular flexibility index (Phi) is 8.20. The van der Waals surface area contributed by atoms with Gasteiger partial charge >= 0.3 is 0 Å². The van der Waals surface area contributed by atoms with Crippen LogP contribution in [0.25, 0.3) is 0 Å². The normalized spacial score (nSPS) is 10.4. The monoisotopic (exact) mass is 417 g/mol. The van der Waals surface area contributed by atoms with Crippen LogP contribution in [-0.2, 0) is 17.8 Å². The first-order valence-corrected chi connectivity index (χ1v) is 10.2. The summed E-state index contributed by atoms with van der Waals surface area (Å²) in [5, 5.41) is 8.69. The molecule has 0 bridgehead atoms. The molecule has 6 nitrogen and oxygen atoms in total. The number of rotatable bonds is 10. The Hall–Kier alpha value is -3.64. The Labute approximate surface area is 182 Å². The van der Waals surface area contributed by atoms with E-state index < -0.39 is 0 Å². The van der Waals surface area contributed by atoms with E-state index in [1.807, 2.05) is 49.5 Å². The molecule has 0 heterocycles. The van der Waals surface area contributed by atoms with Gasteiger partial charge in [0.2, 0.25) is 5.91 Å². The first-order valence-electron chi connectivity index (χ1n) is 10.2. The van der Waals surface area contributed by atoms with Crippen LogP contribution in [0.15, 0.2) is 78.9 Å². The number of benzene rings is 3. The van der Waals surface area contributed by atoms with Crippen molar-refractivity contribution in [3.63, 3.8) is 0 Å². The van der Waals surface area contributed by atoms with Gasteiger partial charge in [0.25, 0.3) is 5.91 Å². The molecule has 0 unspecified atom stereocenters. The molecule has 0 fully saturated rings. The number of carbonyl (C=O) groups is 2. The molecule has 0 aliphatic carbocycles. The van der Waals surface area contributed by atoms with Crippen molar-refractivity contribution in [2.45, 2.75) is 13.0 Å². The highest BCUT2D eigenvalue weighted by Gasteiger charge is 2.08. The summed E-state index contributed by atoms with van der Waals surface area (Å²) in [5.74, 6) is 0.478. The van der Waals surface area contributed by atoms with Crippen molar-refractivity contribution in [3.05, 3.63) is 95.6 Å². The van der Waals surface area contributed by atoms with Gasteiger partial charge in [-0.1, -0.05) is 42.5 Å². The number of nitrogens with one attached hydrogen (secondary N) is 3. The molecular weight excluding hydrogens is 390 g/mol. The maximum atomic E-state index is 12.5. The highest BCUT2D eigenvalue weighted by molar-refractivity contribution is 6.04. The Bertz CT molecular complexity index is 971. The number of anilines is 1. The topological polar surface area (TPSA) is 79.5 Å². The summed E-state index contributed by atoms with van der Waals surface area (Å²) >= 11 is 0. The van der Waals surface area contributed by atoms with Crippen LogP contribution < -0.4 is 20.7 Å². The SMILES string of the molecule is CNCCNC(=O)Cc1ccc(NC(=O)c2ccc(OCc3ccccc3)cc2)cc1. The average molecular weight is 418 g/mol. The maximum Gasteiger partial charge on any atom is 0.255 e. The van der Waals surface area contributed by atoms with E-state index in [0.717, 1.165) is 17.7 Å². The third-order valence-corrected chi connectivity index (χ3v) is 4.64. The fraction of sp³-hybridized carbons (Fsp3) is 0.200. The van der Waals surface area contributed by atoms with E-state index >= 15 is 0 Å². The first kappa shape index (κ1) is 22.1. The van der Waals surface area contributed by atoms with E-state index in [2.05, 4.69) is 16.0 Å². The molecule has 2 amide bonds. The molecule has 3 aromatic carbocycles. The summed E-state index contributed by atoms with van der Waals surface area (Å²) in [6.45, 7) is 1.81. The number of hydrogen-bond donors (Lipinski definition) is 3. The van der Waals surface area contributed by atoms with Gasteiger partial charge in [0.05, 0.1) is 6.42 Å². The molecule has 0 aliphatic heterocycles. The number of amides is 2. The first-order chi connectivity index (χ1) is 15.1. The minimum absolute atomic E-state index is 0.0263. The van der Waals surface area contributed by atoms with Crippen LogP contribution in [0.2, 0.25) is 0 Å². The van der Waals surface area contributed by atoms with Gasteiger partial charge in [-0.2, -0.15) is 0 Å². The molecule has 3 N–H and O–H groups in total. The molecule has 0 saturated heterocycles. The van der Waals surface area contributed by atoms with Crippen LogP contribution in [0, 0.1) is 0 Å². The standard InChI is InChI=1S/C25H27N3O3/c1-26-15-16-27-24(29)17-19-7-11-22(12-8-19)28-25(30)21-9-13-23(14-10-21)31-18-20-5-3-2-4-6-20/h2-14,26H,15-18H2,1H3,(H,27,29)(H,28,30). The number of ether oxygens (including phenoxy) is 1. The zero-order chi connectivity index (χ0) is 21.9. The lowest BCUT2D eigenvalue weighted by molar-refractivity contribution is -0.120. The maximum absolute atomic E-state index is 12.5. The highest BCUT2D eigenvalue weighted by atomic mass is 16.5. The molecule has 0 saturated carbocycles. The van der Waals surface area contributed by atoms with E-state index in [0.29, 0.717) is 36.6 Å². The summed E-state index contributed by atoms with van der Waals surface area (Å²) < 4.78 is 5.75. The van der Waals surface area contributed by atoms with E-state index in [1.54, 1.807) is 36.4 Å². The summed E-state index contributed by atoms with van der Waals surface area (Å²) in [4.78, 5) is 24.4. The Morgan fingerprint density at radius 3 is 2.19 bits per heavy atom. The third kappa shape index (κ3) is 7.28. The van der Waals surface area contributed by atoms with Crippen molar-refractivity contribution < 1.29 is 14.3 Å². The van der Waals surface area contributed by atoms with Crippen molar-refractivity contribution in [2.75, 3.05) is 25.5 Å². The predicted molar refractivity (Wildman–Crippen MR) is 122 cm³/mol. The molecule has 3 rings (SSSR count). The Balaban J connectivity index is 1.48. The highest BCUT2D eigenvalue weighted by Crippen LogP contribution is 2.16. The van der Waals surface area contributed by atoms with Crippen LogP contribution in [0.4, 0.5) is 5.69 Å². The molecule has 0 radical (unpaired) electrons. The van der Waals surface area contributed by atoms with E-state index in [4.69, 9.17) is 4.74 Å². The number of carbonyl (C=O) groups excluding carboxylic acids is 2. The minimum atomic E-state index is -0.202. The molecule has 6 heteroatoms. The number of hydrogen-bond acceptors (Lipinski definition) is 4. The van der Waals surface area contributed by atoms with Gasteiger partial charge in [0, 0.05) is 24.3 Å². The Morgan fingerprint density at radius 2 is 1.52 bits per heavy atom. The molecule has 160 valence electrons. The molecule has 31 heavy (non-hydrogen) atoms. The van der Waals surface area contributed by atoms with Gasteiger partial charge < -0.3 is 20.7 Å². The van der Waals surface area contributed by atoms with Crippen molar-refractivity contribution in [1.29, 1.82) is 0 Å². The smallest absolute Gasteiger partial charge is 0.255 e. The van der Waals surface area contributed by atoms with Gasteiger partial charge in [-0.15, -0.1) is 0 Å². The predicted octanol–water partition coefficient (Wildman–Crippen LogP) is 3.40. The van der Waals surface area contributed by atoms with Crippen LogP contribution in [0.3, 0.4) is 0 Å². The van der Waals surface area contributed by atoms with Gasteiger partial charge in [0.1, 0.15) is 12.4 Å². The second-order valence-electron chi connectivity index (χ2n) is 7.08. The lowest BCUT2D eigenvalue weighted by Gasteiger charge is -2.09. The van der Waals surface area contributed by atoms with E-state index in [9.17, 15) is 9.59 Å². The zero-order valence-electron chi connectivity index (χ0n) is 17.6. The summed E-state index contributed by atoms with van der Waals surface area (Å²) in [6.07, 6.45) is 0.308. The van der Waals surface area contributed by atoms with Crippen molar-refractivity contribution >= 4 is 17.5 Å². The van der Waals surface area contributed by atoms with Crippen molar-refractivity contribution in [1.82, 2.24) is 10.6 Å². The Morgan fingerprint density at radius 1 is 0.806 bits per heavy atom. The van der Waals surface area contributed by atoms with Gasteiger partial charge in [-0.05, 0) is 54.6 Å².